The van der Waals surface area contributed by atoms with Crippen molar-refractivity contribution in [1.82, 2.24) is 14.9 Å². The van der Waals surface area contributed by atoms with Gasteiger partial charge in [-0.3, -0.25) is 4.90 Å². The van der Waals surface area contributed by atoms with Gasteiger partial charge in [-0.05, 0) is 40.7 Å². The molecular weight excluding hydrogens is 262 g/mol. The van der Waals surface area contributed by atoms with Crippen molar-refractivity contribution in [3.63, 3.8) is 0 Å². The van der Waals surface area contributed by atoms with Gasteiger partial charge in [0.25, 0.3) is 0 Å². The number of hydrogen-bond donors (Lipinski definition) is 1. The van der Waals surface area contributed by atoms with Gasteiger partial charge in [-0.1, -0.05) is 0 Å². The number of hydrogen-bond acceptors (Lipinski definition) is 5. The molecule has 2 heterocycles. The smallest absolute Gasteiger partial charge is 0.136 e. The van der Waals surface area contributed by atoms with E-state index in [9.17, 15) is 0 Å². The van der Waals surface area contributed by atoms with Crippen molar-refractivity contribution in [3.05, 3.63) is 11.9 Å². The van der Waals surface area contributed by atoms with E-state index in [0.717, 1.165) is 43.6 Å². The van der Waals surface area contributed by atoms with Gasteiger partial charge in [-0.25, -0.2) is 9.97 Å². The second-order valence-corrected chi connectivity index (χ2v) is 6.93. The molecule has 1 saturated heterocycles. The molecule has 0 radical (unpaired) electrons. The summed E-state index contributed by atoms with van der Waals surface area (Å²) in [4.78, 5) is 14.4. The molecule has 2 fully saturated rings. The van der Waals surface area contributed by atoms with Gasteiger partial charge in [-0.2, -0.15) is 0 Å². The minimum Gasteiger partial charge on any atom is -0.370 e. The van der Waals surface area contributed by atoms with Gasteiger partial charge in [0.15, 0.2) is 0 Å². The zero-order valence-corrected chi connectivity index (χ0v) is 13.7. The van der Waals surface area contributed by atoms with E-state index in [-0.39, 0.29) is 5.54 Å². The number of nitrogens with zero attached hydrogens (tertiary/aromatic N) is 4. The predicted octanol–water partition coefficient (Wildman–Crippen LogP) is 2.32. The van der Waals surface area contributed by atoms with Crippen LogP contribution in [0.1, 0.15) is 45.4 Å². The maximum absolute atomic E-state index is 4.85. The van der Waals surface area contributed by atoms with E-state index in [4.69, 9.17) is 4.98 Å². The first-order chi connectivity index (χ1) is 9.99. The van der Waals surface area contributed by atoms with E-state index in [1.54, 1.807) is 0 Å². The Bertz CT molecular complexity index is 509. The lowest BCUT2D eigenvalue weighted by molar-refractivity contribution is 0.138. The standard InChI is InChI=1S/C16H27N5/c1-5-17-13-10-14(19-15(18-13)12-6-7-12)21-9-8-20(4)16(2,3)11-21/h10,12H,5-9,11H2,1-4H3,(H,17,18,19). The molecule has 1 aliphatic carbocycles. The molecule has 21 heavy (non-hydrogen) atoms. The predicted molar refractivity (Wildman–Crippen MR) is 87.1 cm³/mol. The van der Waals surface area contributed by atoms with E-state index < -0.39 is 0 Å². The molecule has 0 aromatic carbocycles. The van der Waals surface area contributed by atoms with Crippen LogP contribution in [0.15, 0.2) is 6.07 Å². The van der Waals surface area contributed by atoms with Crippen LogP contribution in [0.2, 0.25) is 0 Å². The molecule has 1 aromatic rings. The first kappa shape index (κ1) is 14.6. The molecule has 0 unspecified atom stereocenters. The molecule has 0 bridgehead atoms. The highest BCUT2D eigenvalue weighted by molar-refractivity contribution is 5.50. The van der Waals surface area contributed by atoms with Crippen LogP contribution in [-0.4, -0.2) is 53.6 Å². The fraction of sp³-hybridized carbons (Fsp3) is 0.750. The lowest BCUT2D eigenvalue weighted by Gasteiger charge is -2.45. The third-order valence-electron chi connectivity index (χ3n) is 4.67. The van der Waals surface area contributed by atoms with Crippen molar-refractivity contribution in [3.8, 4) is 0 Å². The molecule has 3 rings (SSSR count). The van der Waals surface area contributed by atoms with Crippen LogP contribution in [0.25, 0.3) is 0 Å². The Morgan fingerprint density at radius 2 is 2.05 bits per heavy atom. The molecule has 1 aromatic heterocycles. The Morgan fingerprint density at radius 3 is 2.67 bits per heavy atom. The van der Waals surface area contributed by atoms with Gasteiger partial charge in [0, 0.05) is 43.7 Å². The number of anilines is 2. The molecule has 2 aliphatic rings. The minimum absolute atomic E-state index is 0.182. The maximum Gasteiger partial charge on any atom is 0.136 e. The van der Waals surface area contributed by atoms with Crippen molar-refractivity contribution in [2.24, 2.45) is 0 Å². The fourth-order valence-corrected chi connectivity index (χ4v) is 2.85. The lowest BCUT2D eigenvalue weighted by atomic mass is 10.00. The summed E-state index contributed by atoms with van der Waals surface area (Å²) in [7, 11) is 2.21. The largest absolute Gasteiger partial charge is 0.370 e. The Balaban J connectivity index is 1.86. The fourth-order valence-electron chi connectivity index (χ4n) is 2.85. The highest BCUT2D eigenvalue weighted by Crippen LogP contribution is 2.39. The summed E-state index contributed by atoms with van der Waals surface area (Å²) in [5, 5.41) is 3.35. The Labute approximate surface area is 127 Å². The van der Waals surface area contributed by atoms with E-state index in [2.05, 4.69) is 54.0 Å². The normalized spacial score (nSPS) is 22.4. The van der Waals surface area contributed by atoms with Crippen molar-refractivity contribution in [2.45, 2.75) is 45.1 Å². The maximum atomic E-state index is 4.85. The lowest BCUT2D eigenvalue weighted by Crippen LogP contribution is -2.57. The average Bonchev–Trinajstić information content (AvgIpc) is 3.26. The van der Waals surface area contributed by atoms with E-state index in [0.29, 0.717) is 5.92 Å². The van der Waals surface area contributed by atoms with Crippen LogP contribution in [0.5, 0.6) is 0 Å². The third-order valence-corrected chi connectivity index (χ3v) is 4.67. The summed E-state index contributed by atoms with van der Waals surface area (Å²) >= 11 is 0. The number of rotatable bonds is 4. The minimum atomic E-state index is 0.182. The molecule has 5 nitrogen and oxygen atoms in total. The van der Waals surface area contributed by atoms with Gasteiger partial charge in [0.1, 0.15) is 17.5 Å². The Hall–Kier alpha value is -1.36. The molecule has 0 atom stereocenters. The van der Waals surface area contributed by atoms with Crippen LogP contribution in [0.3, 0.4) is 0 Å². The quantitative estimate of drug-likeness (QED) is 0.921. The molecule has 1 saturated carbocycles. The van der Waals surface area contributed by atoms with Crippen LogP contribution < -0.4 is 10.2 Å². The molecule has 5 heteroatoms. The molecule has 116 valence electrons. The SMILES string of the molecule is CCNc1cc(N2CCN(C)C(C)(C)C2)nc(C2CC2)n1. The first-order valence-corrected chi connectivity index (χ1v) is 8.08. The summed E-state index contributed by atoms with van der Waals surface area (Å²) in [6.45, 7) is 10.7. The summed E-state index contributed by atoms with van der Waals surface area (Å²) in [5.74, 6) is 3.67. The van der Waals surface area contributed by atoms with Crippen molar-refractivity contribution >= 4 is 11.6 Å². The number of likely N-dealkylation sites (N-methyl/N-ethyl adjacent to an activating group) is 1. The van der Waals surface area contributed by atoms with Gasteiger partial charge in [0.2, 0.25) is 0 Å². The number of nitrogens with one attached hydrogen (secondary N) is 1. The van der Waals surface area contributed by atoms with E-state index in [1.165, 1.54) is 12.8 Å². The Kier molecular flexibility index (Phi) is 3.78. The first-order valence-electron chi connectivity index (χ1n) is 8.08. The van der Waals surface area contributed by atoms with E-state index in [1.807, 2.05) is 0 Å². The summed E-state index contributed by atoms with van der Waals surface area (Å²) in [5.41, 5.74) is 0.182. The van der Waals surface area contributed by atoms with Crippen molar-refractivity contribution in [2.75, 3.05) is 43.4 Å². The molecular formula is C16H27N5. The van der Waals surface area contributed by atoms with E-state index >= 15 is 0 Å². The third kappa shape index (κ3) is 3.12. The molecule has 1 aliphatic heterocycles. The molecule has 1 N–H and O–H groups in total. The zero-order valence-electron chi connectivity index (χ0n) is 13.7. The van der Waals surface area contributed by atoms with Crippen molar-refractivity contribution < 1.29 is 0 Å². The summed E-state index contributed by atoms with van der Waals surface area (Å²) in [6, 6.07) is 2.11. The summed E-state index contributed by atoms with van der Waals surface area (Å²) in [6.07, 6.45) is 2.48. The zero-order chi connectivity index (χ0) is 15.0. The van der Waals surface area contributed by atoms with Crippen molar-refractivity contribution in [1.29, 1.82) is 0 Å². The second-order valence-electron chi connectivity index (χ2n) is 6.93. The molecule has 0 amide bonds. The number of aromatic nitrogens is 2. The highest BCUT2D eigenvalue weighted by atomic mass is 15.3. The topological polar surface area (TPSA) is 44.3 Å². The van der Waals surface area contributed by atoms with Gasteiger partial charge in [0.05, 0.1) is 0 Å². The average molecular weight is 289 g/mol. The van der Waals surface area contributed by atoms with Crippen LogP contribution >= 0.6 is 0 Å². The van der Waals surface area contributed by atoms with Gasteiger partial charge >= 0.3 is 0 Å². The molecule has 0 spiro atoms. The van der Waals surface area contributed by atoms with Crippen LogP contribution in [0.4, 0.5) is 11.6 Å². The van der Waals surface area contributed by atoms with Crippen LogP contribution in [-0.2, 0) is 0 Å². The monoisotopic (exact) mass is 289 g/mol. The highest BCUT2D eigenvalue weighted by Gasteiger charge is 2.33. The number of piperazine rings is 1. The van der Waals surface area contributed by atoms with Gasteiger partial charge < -0.3 is 10.2 Å². The van der Waals surface area contributed by atoms with Crippen LogP contribution in [0, 0.1) is 0 Å². The second kappa shape index (κ2) is 5.44. The Morgan fingerprint density at radius 1 is 1.29 bits per heavy atom. The van der Waals surface area contributed by atoms with Gasteiger partial charge in [-0.15, -0.1) is 0 Å². The summed E-state index contributed by atoms with van der Waals surface area (Å²) < 4.78 is 0.